The first kappa shape index (κ1) is 12.2. The van der Waals surface area contributed by atoms with Crippen molar-refractivity contribution in [3.63, 3.8) is 0 Å². The molecule has 0 atom stereocenters. The van der Waals surface area contributed by atoms with Crippen LogP contribution >= 0.6 is 0 Å². The Hall–Kier alpha value is -1.84. The summed E-state index contributed by atoms with van der Waals surface area (Å²) in [7, 11) is 0. The second kappa shape index (κ2) is 5.30. The van der Waals surface area contributed by atoms with E-state index in [1.807, 2.05) is 0 Å². The molecule has 0 aliphatic rings. The van der Waals surface area contributed by atoms with Crippen molar-refractivity contribution in [2.24, 2.45) is 0 Å². The number of anilines is 1. The zero-order valence-electron chi connectivity index (χ0n) is 9.29. The minimum absolute atomic E-state index is 0.274. The Balaban J connectivity index is 2.89. The molecule has 0 unspecified atom stereocenters. The predicted octanol–water partition coefficient (Wildman–Crippen LogP) is 2.29. The Morgan fingerprint density at radius 1 is 1.56 bits per heavy atom. The van der Waals surface area contributed by atoms with Gasteiger partial charge >= 0.3 is 5.97 Å². The van der Waals surface area contributed by atoms with E-state index in [-0.39, 0.29) is 5.56 Å². The number of ether oxygens (including phenoxy) is 1. The number of nitrogen functional groups attached to an aromatic ring is 1. The van der Waals surface area contributed by atoms with Crippen molar-refractivity contribution in [1.82, 2.24) is 0 Å². The van der Waals surface area contributed by atoms with E-state index in [1.54, 1.807) is 13.8 Å². The van der Waals surface area contributed by atoms with E-state index in [0.29, 0.717) is 17.9 Å². The summed E-state index contributed by atoms with van der Waals surface area (Å²) in [6, 6.07) is 2.82. The highest BCUT2D eigenvalue weighted by Gasteiger charge is 2.03. The lowest BCUT2D eigenvalue weighted by atomic mass is 10.1. The van der Waals surface area contributed by atoms with E-state index < -0.39 is 11.8 Å². The second-order valence-corrected chi connectivity index (χ2v) is 3.32. The number of esters is 1. The highest BCUT2D eigenvalue weighted by molar-refractivity contribution is 5.87. The summed E-state index contributed by atoms with van der Waals surface area (Å²) in [5, 5.41) is 0. The molecule has 1 aromatic carbocycles. The molecule has 0 aliphatic carbocycles. The summed E-state index contributed by atoms with van der Waals surface area (Å²) in [6.45, 7) is 3.72. The SMILES string of the molecule is CCOC(=O)C=Cc1cc(N)c(C)cc1F. The molecule has 1 rings (SSSR count). The van der Waals surface area contributed by atoms with Gasteiger partial charge in [-0.3, -0.25) is 0 Å². The molecule has 0 fully saturated rings. The van der Waals surface area contributed by atoms with Crippen LogP contribution in [0.5, 0.6) is 0 Å². The van der Waals surface area contributed by atoms with Gasteiger partial charge in [-0.05, 0) is 37.6 Å². The van der Waals surface area contributed by atoms with Gasteiger partial charge in [0.2, 0.25) is 0 Å². The largest absolute Gasteiger partial charge is 0.463 e. The van der Waals surface area contributed by atoms with Crippen LogP contribution in [0.25, 0.3) is 6.08 Å². The molecule has 2 N–H and O–H groups in total. The minimum Gasteiger partial charge on any atom is -0.463 e. The molecular weight excluding hydrogens is 209 g/mol. The quantitative estimate of drug-likeness (QED) is 0.486. The van der Waals surface area contributed by atoms with E-state index in [1.165, 1.54) is 24.3 Å². The van der Waals surface area contributed by atoms with Crippen LogP contribution in [-0.2, 0) is 9.53 Å². The average Bonchev–Trinajstić information content (AvgIpc) is 2.22. The molecular formula is C12H14FNO2. The second-order valence-electron chi connectivity index (χ2n) is 3.32. The number of carbonyl (C=O) groups is 1. The molecule has 0 saturated heterocycles. The van der Waals surface area contributed by atoms with Crippen molar-refractivity contribution in [3.8, 4) is 0 Å². The Morgan fingerprint density at radius 2 is 2.25 bits per heavy atom. The van der Waals surface area contributed by atoms with Crippen molar-refractivity contribution in [1.29, 1.82) is 0 Å². The summed E-state index contributed by atoms with van der Waals surface area (Å²) in [4.78, 5) is 11.0. The van der Waals surface area contributed by atoms with E-state index in [0.717, 1.165) is 0 Å². The average molecular weight is 223 g/mol. The summed E-state index contributed by atoms with van der Waals surface area (Å²) < 4.78 is 18.1. The molecule has 3 nitrogen and oxygen atoms in total. The fourth-order valence-corrected chi connectivity index (χ4v) is 1.18. The first-order chi connectivity index (χ1) is 7.54. The maximum Gasteiger partial charge on any atom is 0.330 e. The lowest BCUT2D eigenvalue weighted by Crippen LogP contribution is -1.99. The Kier molecular flexibility index (Phi) is 4.05. The normalized spacial score (nSPS) is 10.7. The van der Waals surface area contributed by atoms with Gasteiger partial charge in [0.05, 0.1) is 6.61 Å². The predicted molar refractivity (Wildman–Crippen MR) is 61.2 cm³/mol. The summed E-state index contributed by atoms with van der Waals surface area (Å²) in [5.41, 5.74) is 7.07. The third kappa shape index (κ3) is 3.08. The summed E-state index contributed by atoms with van der Waals surface area (Å²) >= 11 is 0. The molecule has 0 radical (unpaired) electrons. The van der Waals surface area contributed by atoms with Gasteiger partial charge in [0.15, 0.2) is 0 Å². The van der Waals surface area contributed by atoms with Gasteiger partial charge in [-0.25, -0.2) is 9.18 Å². The Labute approximate surface area is 93.7 Å². The Bertz CT molecular complexity index is 427. The fourth-order valence-electron chi connectivity index (χ4n) is 1.18. The zero-order chi connectivity index (χ0) is 12.1. The number of aryl methyl sites for hydroxylation is 1. The van der Waals surface area contributed by atoms with E-state index >= 15 is 0 Å². The van der Waals surface area contributed by atoms with Crippen LogP contribution in [0.15, 0.2) is 18.2 Å². The number of hydrogen-bond donors (Lipinski definition) is 1. The van der Waals surface area contributed by atoms with Crippen LogP contribution < -0.4 is 5.73 Å². The van der Waals surface area contributed by atoms with Crippen molar-refractivity contribution in [2.75, 3.05) is 12.3 Å². The monoisotopic (exact) mass is 223 g/mol. The third-order valence-electron chi connectivity index (χ3n) is 2.07. The Morgan fingerprint density at radius 3 is 2.88 bits per heavy atom. The molecule has 0 amide bonds. The molecule has 16 heavy (non-hydrogen) atoms. The maximum atomic E-state index is 13.4. The topological polar surface area (TPSA) is 52.3 Å². The summed E-state index contributed by atoms with van der Waals surface area (Å²) in [5.74, 6) is -0.909. The van der Waals surface area contributed by atoms with E-state index in [9.17, 15) is 9.18 Å². The molecule has 0 aliphatic heterocycles. The zero-order valence-corrected chi connectivity index (χ0v) is 9.29. The van der Waals surface area contributed by atoms with Gasteiger partial charge in [0.1, 0.15) is 5.82 Å². The van der Waals surface area contributed by atoms with Crippen LogP contribution in [0, 0.1) is 12.7 Å². The molecule has 0 heterocycles. The number of carbonyl (C=O) groups excluding carboxylic acids is 1. The highest BCUT2D eigenvalue weighted by atomic mass is 19.1. The number of hydrogen-bond acceptors (Lipinski definition) is 3. The molecule has 1 aromatic rings. The van der Waals surface area contributed by atoms with Gasteiger partial charge in [-0.2, -0.15) is 0 Å². The van der Waals surface area contributed by atoms with Crippen molar-refractivity contribution in [3.05, 3.63) is 35.2 Å². The van der Waals surface area contributed by atoms with Crippen molar-refractivity contribution >= 4 is 17.7 Å². The van der Waals surface area contributed by atoms with Crippen LogP contribution in [0.2, 0.25) is 0 Å². The van der Waals surface area contributed by atoms with Gasteiger partial charge < -0.3 is 10.5 Å². The van der Waals surface area contributed by atoms with Crippen LogP contribution in [0.1, 0.15) is 18.1 Å². The van der Waals surface area contributed by atoms with E-state index in [4.69, 9.17) is 5.73 Å². The minimum atomic E-state index is -0.499. The van der Waals surface area contributed by atoms with Gasteiger partial charge in [0.25, 0.3) is 0 Å². The molecule has 4 heteroatoms. The molecule has 86 valence electrons. The van der Waals surface area contributed by atoms with Crippen molar-refractivity contribution in [2.45, 2.75) is 13.8 Å². The molecule has 0 bridgehead atoms. The standard InChI is InChI=1S/C12H14FNO2/c1-3-16-12(15)5-4-9-7-11(14)8(2)6-10(9)13/h4-7H,3,14H2,1-2H3. The number of rotatable bonds is 3. The van der Waals surface area contributed by atoms with Gasteiger partial charge in [0, 0.05) is 17.3 Å². The maximum absolute atomic E-state index is 13.4. The van der Waals surface area contributed by atoms with Crippen LogP contribution in [0.4, 0.5) is 10.1 Å². The third-order valence-corrected chi connectivity index (χ3v) is 2.07. The first-order valence-electron chi connectivity index (χ1n) is 4.95. The van der Waals surface area contributed by atoms with Crippen LogP contribution in [0.3, 0.4) is 0 Å². The highest BCUT2D eigenvalue weighted by Crippen LogP contribution is 2.18. The number of benzene rings is 1. The number of halogens is 1. The molecule has 0 spiro atoms. The lowest BCUT2D eigenvalue weighted by molar-refractivity contribution is -0.137. The van der Waals surface area contributed by atoms with Crippen molar-refractivity contribution < 1.29 is 13.9 Å². The fraction of sp³-hybridized carbons (Fsp3) is 0.250. The summed E-state index contributed by atoms with van der Waals surface area (Å²) in [6.07, 6.45) is 2.53. The molecule has 0 saturated carbocycles. The van der Waals surface area contributed by atoms with E-state index in [2.05, 4.69) is 4.74 Å². The smallest absolute Gasteiger partial charge is 0.330 e. The molecule has 0 aromatic heterocycles. The van der Waals surface area contributed by atoms with Crippen LogP contribution in [-0.4, -0.2) is 12.6 Å². The van der Waals surface area contributed by atoms with Gasteiger partial charge in [-0.1, -0.05) is 0 Å². The number of nitrogens with two attached hydrogens (primary N) is 1. The van der Waals surface area contributed by atoms with Gasteiger partial charge in [-0.15, -0.1) is 0 Å². The lowest BCUT2D eigenvalue weighted by Gasteiger charge is -2.03. The first-order valence-corrected chi connectivity index (χ1v) is 4.95.